The summed E-state index contributed by atoms with van der Waals surface area (Å²) in [7, 11) is 0. The average molecular weight is 527 g/mol. The van der Waals surface area contributed by atoms with Crippen molar-refractivity contribution in [1.82, 2.24) is 20.2 Å². The number of pyridine rings is 2. The molecule has 10 nitrogen and oxygen atoms in total. The van der Waals surface area contributed by atoms with Gasteiger partial charge < -0.3 is 20.6 Å². The van der Waals surface area contributed by atoms with E-state index in [9.17, 15) is 19.5 Å². The highest BCUT2D eigenvalue weighted by molar-refractivity contribution is 7.21. The molecule has 6 rings (SSSR count). The molecule has 4 aromatic rings. The molecule has 5 heterocycles. The zero-order valence-corrected chi connectivity index (χ0v) is 20.8. The van der Waals surface area contributed by atoms with Crippen LogP contribution < -0.4 is 15.5 Å². The average Bonchev–Trinajstić information content (AvgIpc) is 3.50. The number of hydrogen-bond donors (Lipinski definition) is 3. The molecule has 1 aromatic carbocycles. The number of aromatic nitrogens is 2. The molecular formula is C27H22N6O4S. The van der Waals surface area contributed by atoms with E-state index in [1.807, 2.05) is 36.4 Å². The summed E-state index contributed by atoms with van der Waals surface area (Å²) >= 11 is 1.15. The minimum Gasteiger partial charge on any atom is -0.389 e. The summed E-state index contributed by atoms with van der Waals surface area (Å²) in [6.07, 6.45) is 3.51. The minimum atomic E-state index is -0.919. The van der Waals surface area contributed by atoms with Crippen LogP contribution in [0.5, 0.6) is 0 Å². The van der Waals surface area contributed by atoms with Gasteiger partial charge in [-0.1, -0.05) is 36.9 Å². The molecular weight excluding hydrogens is 504 g/mol. The lowest BCUT2D eigenvalue weighted by atomic mass is 10.1. The van der Waals surface area contributed by atoms with E-state index < -0.39 is 24.1 Å². The maximum Gasteiger partial charge on any atom is 0.331 e. The number of thiophene rings is 1. The van der Waals surface area contributed by atoms with E-state index >= 15 is 0 Å². The number of anilines is 3. The van der Waals surface area contributed by atoms with E-state index in [1.54, 1.807) is 29.4 Å². The molecule has 0 unspecified atom stereocenters. The molecule has 0 saturated carbocycles. The predicted molar refractivity (Wildman–Crippen MR) is 144 cm³/mol. The number of hydrogen-bond acceptors (Lipinski definition) is 7. The third kappa shape index (κ3) is 3.98. The molecule has 1 fully saturated rings. The molecule has 1 saturated heterocycles. The first-order valence-electron chi connectivity index (χ1n) is 11.9. The number of carbonyl (C=O) groups excluding carboxylic acids is 3. The molecule has 0 aliphatic carbocycles. The van der Waals surface area contributed by atoms with Gasteiger partial charge in [0.05, 0.1) is 40.3 Å². The molecule has 4 amide bonds. The van der Waals surface area contributed by atoms with Crippen molar-refractivity contribution in [3.63, 3.8) is 0 Å². The molecule has 0 radical (unpaired) electrons. The third-order valence-electron chi connectivity index (χ3n) is 6.62. The second-order valence-corrected chi connectivity index (χ2v) is 9.94. The quantitative estimate of drug-likeness (QED) is 0.342. The van der Waals surface area contributed by atoms with Crippen LogP contribution in [0.4, 0.5) is 21.9 Å². The van der Waals surface area contributed by atoms with Crippen LogP contribution in [-0.2, 0) is 4.79 Å². The fourth-order valence-corrected chi connectivity index (χ4v) is 5.82. The van der Waals surface area contributed by atoms with Gasteiger partial charge in [0.2, 0.25) is 5.91 Å². The zero-order chi connectivity index (χ0) is 26.4. The minimum absolute atomic E-state index is 0.101. The lowest BCUT2D eigenvalue weighted by molar-refractivity contribution is -0.125. The number of aliphatic hydroxyl groups is 1. The molecule has 0 bridgehead atoms. The van der Waals surface area contributed by atoms with Crippen molar-refractivity contribution < 1.29 is 19.5 Å². The second kappa shape index (κ2) is 9.36. The van der Waals surface area contributed by atoms with Crippen LogP contribution in [0.15, 0.2) is 73.6 Å². The summed E-state index contributed by atoms with van der Waals surface area (Å²) in [6, 6.07) is 13.9. The van der Waals surface area contributed by atoms with Gasteiger partial charge in [0.15, 0.2) is 0 Å². The molecule has 38 heavy (non-hydrogen) atoms. The van der Waals surface area contributed by atoms with E-state index in [4.69, 9.17) is 0 Å². The Bertz CT molecular complexity index is 1600. The Morgan fingerprint density at radius 2 is 1.92 bits per heavy atom. The number of β-amino-alcohol motifs (C(OH)–C–C–N with tert-alkyl or cyclic N) is 1. The first kappa shape index (κ1) is 23.8. The van der Waals surface area contributed by atoms with Gasteiger partial charge in [-0.15, -0.1) is 11.3 Å². The Labute approximate surface area is 221 Å². The number of carbonyl (C=O) groups is 3. The molecule has 2 aliphatic rings. The molecule has 3 N–H and O–H groups in total. The van der Waals surface area contributed by atoms with E-state index in [2.05, 4.69) is 27.2 Å². The molecule has 3 aromatic heterocycles. The summed E-state index contributed by atoms with van der Waals surface area (Å²) in [5, 5.41) is 16.7. The van der Waals surface area contributed by atoms with Crippen molar-refractivity contribution in [1.29, 1.82) is 0 Å². The molecule has 0 spiro atoms. The Morgan fingerprint density at radius 3 is 2.71 bits per heavy atom. The van der Waals surface area contributed by atoms with Crippen LogP contribution in [-0.4, -0.2) is 63.1 Å². The summed E-state index contributed by atoms with van der Waals surface area (Å²) < 4.78 is 0. The molecule has 2 aliphatic heterocycles. The highest BCUT2D eigenvalue weighted by Crippen LogP contribution is 2.45. The number of likely N-dealkylation sites (tertiary alicyclic amines) is 1. The van der Waals surface area contributed by atoms with Crippen LogP contribution in [0.3, 0.4) is 0 Å². The van der Waals surface area contributed by atoms with E-state index in [-0.39, 0.29) is 23.9 Å². The van der Waals surface area contributed by atoms with Crippen molar-refractivity contribution >= 4 is 56.5 Å². The Hall–Kier alpha value is -4.61. The molecule has 2 atom stereocenters. The van der Waals surface area contributed by atoms with Crippen LogP contribution in [0.25, 0.3) is 21.5 Å². The zero-order valence-electron chi connectivity index (χ0n) is 20.0. The van der Waals surface area contributed by atoms with Crippen molar-refractivity contribution in [2.75, 3.05) is 23.3 Å². The Balaban J connectivity index is 1.34. The maximum absolute atomic E-state index is 13.4. The summed E-state index contributed by atoms with van der Waals surface area (Å²) in [4.78, 5) is 51.4. The number of amides is 4. The summed E-state index contributed by atoms with van der Waals surface area (Å²) in [5.74, 6) is -0.777. The van der Waals surface area contributed by atoms with Crippen LogP contribution in [0.2, 0.25) is 0 Å². The van der Waals surface area contributed by atoms with E-state index in [0.29, 0.717) is 27.3 Å². The van der Waals surface area contributed by atoms with E-state index in [1.165, 1.54) is 11.0 Å². The Morgan fingerprint density at radius 1 is 1.13 bits per heavy atom. The van der Waals surface area contributed by atoms with Gasteiger partial charge in [-0.3, -0.25) is 19.5 Å². The second-order valence-electron chi connectivity index (χ2n) is 8.94. The first-order valence-corrected chi connectivity index (χ1v) is 12.7. The molecule has 11 heteroatoms. The number of rotatable bonds is 5. The Kier molecular flexibility index (Phi) is 5.86. The SMILES string of the molecule is C=CC(=O)N1C[C@@H](O)[C@@H](NC(=O)c2sc3nccc4c3c2NC(=O)N4c2ccnc(-c3ccccc3)c2)C1. The number of aliphatic hydroxyl groups excluding tert-OH is 1. The molecule has 190 valence electrons. The highest BCUT2D eigenvalue weighted by Gasteiger charge is 2.37. The number of nitrogens with zero attached hydrogens (tertiary/aromatic N) is 4. The smallest absolute Gasteiger partial charge is 0.331 e. The topological polar surface area (TPSA) is 128 Å². The highest BCUT2D eigenvalue weighted by atomic mass is 32.1. The van der Waals surface area contributed by atoms with Crippen molar-refractivity contribution in [2.24, 2.45) is 0 Å². The largest absolute Gasteiger partial charge is 0.389 e. The van der Waals surface area contributed by atoms with Gasteiger partial charge in [0.25, 0.3) is 5.91 Å². The number of urea groups is 1. The summed E-state index contributed by atoms with van der Waals surface area (Å²) in [6.45, 7) is 3.73. The standard InChI is InChI=1S/C27H22N6O4S/c1-2-21(35)32-13-18(20(34)14-32)30-25(36)24-23-22-19(9-11-29-26(22)38-24)33(27(37)31-23)16-8-10-28-17(12-16)15-6-4-3-5-7-15/h2-12,18,20,34H,1,13-14H2,(H,30,36)(H,31,37)/t18-,20+/m0/s1. The fraction of sp³-hybridized carbons (Fsp3) is 0.148. The van der Waals surface area contributed by atoms with Gasteiger partial charge >= 0.3 is 6.03 Å². The van der Waals surface area contributed by atoms with Crippen LogP contribution in [0.1, 0.15) is 9.67 Å². The van der Waals surface area contributed by atoms with Gasteiger partial charge in [-0.2, -0.15) is 0 Å². The fourth-order valence-electron chi connectivity index (χ4n) is 4.80. The van der Waals surface area contributed by atoms with Gasteiger partial charge in [0.1, 0.15) is 9.71 Å². The van der Waals surface area contributed by atoms with Crippen molar-refractivity contribution in [2.45, 2.75) is 12.1 Å². The van der Waals surface area contributed by atoms with Crippen molar-refractivity contribution in [3.8, 4) is 11.3 Å². The van der Waals surface area contributed by atoms with Gasteiger partial charge in [-0.25, -0.2) is 9.78 Å². The van der Waals surface area contributed by atoms with Crippen molar-refractivity contribution in [3.05, 3.63) is 78.5 Å². The van der Waals surface area contributed by atoms with E-state index in [0.717, 1.165) is 22.6 Å². The van der Waals surface area contributed by atoms with Crippen LogP contribution in [0, 0.1) is 0 Å². The predicted octanol–water partition coefficient (Wildman–Crippen LogP) is 3.53. The number of nitrogens with one attached hydrogen (secondary N) is 2. The lowest BCUT2D eigenvalue weighted by Gasteiger charge is -2.28. The first-order chi connectivity index (χ1) is 18.4. The third-order valence-corrected chi connectivity index (χ3v) is 7.71. The lowest BCUT2D eigenvalue weighted by Crippen LogP contribution is -2.43. The normalized spacial score (nSPS) is 18.4. The van der Waals surface area contributed by atoms with Gasteiger partial charge in [-0.05, 0) is 24.3 Å². The number of benzene rings is 1. The summed E-state index contributed by atoms with van der Waals surface area (Å²) in [5.41, 5.74) is 3.22. The maximum atomic E-state index is 13.4. The monoisotopic (exact) mass is 526 g/mol. The van der Waals surface area contributed by atoms with Crippen LogP contribution >= 0.6 is 11.3 Å². The van der Waals surface area contributed by atoms with Gasteiger partial charge in [0, 0.05) is 31.0 Å².